The molecular formula is C13H25N3O2. The number of carbonyl (C=O) groups is 2. The van der Waals surface area contributed by atoms with Crippen molar-refractivity contribution < 1.29 is 9.59 Å². The number of nitrogens with two attached hydrogens (primary N) is 1. The first-order valence-corrected chi connectivity index (χ1v) is 6.86. The smallest absolute Gasteiger partial charge is 0.245 e. The highest BCUT2D eigenvalue weighted by molar-refractivity contribution is 5.89. The van der Waals surface area contributed by atoms with E-state index in [1.165, 1.54) is 0 Å². The van der Waals surface area contributed by atoms with Crippen molar-refractivity contribution in [1.29, 1.82) is 0 Å². The second-order valence-electron chi connectivity index (χ2n) is 4.84. The van der Waals surface area contributed by atoms with E-state index in [0.29, 0.717) is 26.2 Å². The van der Waals surface area contributed by atoms with E-state index < -0.39 is 0 Å². The molecule has 0 aromatic carbocycles. The predicted octanol–water partition coefficient (Wildman–Crippen LogP) is 0.441. The molecular weight excluding hydrogens is 230 g/mol. The quantitative estimate of drug-likeness (QED) is 0.775. The van der Waals surface area contributed by atoms with Crippen LogP contribution in [0.3, 0.4) is 0 Å². The lowest BCUT2D eigenvalue weighted by molar-refractivity contribution is -0.145. The van der Waals surface area contributed by atoms with Gasteiger partial charge in [-0.3, -0.25) is 9.59 Å². The Morgan fingerprint density at radius 2 is 2.00 bits per heavy atom. The molecule has 2 N–H and O–H groups in total. The van der Waals surface area contributed by atoms with Crippen LogP contribution in [0, 0.1) is 5.92 Å². The molecule has 0 aromatic heterocycles. The third-order valence-electron chi connectivity index (χ3n) is 3.67. The van der Waals surface area contributed by atoms with Crippen LogP contribution in [-0.2, 0) is 9.59 Å². The number of likely N-dealkylation sites (N-methyl/N-ethyl adjacent to an activating group) is 1. The summed E-state index contributed by atoms with van der Waals surface area (Å²) >= 11 is 0. The molecule has 0 spiro atoms. The van der Waals surface area contributed by atoms with E-state index >= 15 is 0 Å². The summed E-state index contributed by atoms with van der Waals surface area (Å²) in [5, 5.41) is 0. The molecule has 0 radical (unpaired) electrons. The first-order chi connectivity index (χ1) is 8.56. The van der Waals surface area contributed by atoms with Gasteiger partial charge in [-0.05, 0) is 26.7 Å². The number of hydrogen-bond acceptors (Lipinski definition) is 3. The van der Waals surface area contributed by atoms with Crippen molar-refractivity contribution >= 4 is 11.8 Å². The number of nitrogens with zero attached hydrogens (tertiary/aromatic N) is 2. The van der Waals surface area contributed by atoms with Gasteiger partial charge in [-0.2, -0.15) is 0 Å². The Balaban J connectivity index is 2.75. The minimum Gasteiger partial charge on any atom is -0.341 e. The molecule has 0 aromatic rings. The Kier molecular flexibility index (Phi) is 5.59. The summed E-state index contributed by atoms with van der Waals surface area (Å²) in [5.41, 5.74) is 5.53. The molecule has 2 amide bonds. The van der Waals surface area contributed by atoms with Crippen molar-refractivity contribution in [2.75, 3.05) is 26.2 Å². The minimum atomic E-state index is -0.272. The maximum absolute atomic E-state index is 12.3. The number of hydrogen-bond donors (Lipinski definition) is 1. The average molecular weight is 255 g/mol. The van der Waals surface area contributed by atoms with E-state index in [1.54, 1.807) is 9.80 Å². The van der Waals surface area contributed by atoms with Gasteiger partial charge in [0.1, 0.15) is 6.04 Å². The summed E-state index contributed by atoms with van der Waals surface area (Å²) in [6.45, 7) is 8.15. The molecule has 0 aliphatic carbocycles. The average Bonchev–Trinajstić information content (AvgIpc) is 2.87. The summed E-state index contributed by atoms with van der Waals surface area (Å²) in [4.78, 5) is 28.0. The highest BCUT2D eigenvalue weighted by Crippen LogP contribution is 2.21. The van der Waals surface area contributed by atoms with E-state index in [4.69, 9.17) is 5.73 Å². The van der Waals surface area contributed by atoms with Crippen molar-refractivity contribution in [3.05, 3.63) is 0 Å². The van der Waals surface area contributed by atoms with Gasteiger partial charge in [0.25, 0.3) is 0 Å². The van der Waals surface area contributed by atoms with Gasteiger partial charge in [0.2, 0.25) is 11.8 Å². The summed E-state index contributed by atoms with van der Waals surface area (Å²) < 4.78 is 0. The third kappa shape index (κ3) is 3.02. The van der Waals surface area contributed by atoms with Crippen molar-refractivity contribution in [2.45, 2.75) is 39.7 Å². The van der Waals surface area contributed by atoms with Gasteiger partial charge in [0, 0.05) is 32.1 Å². The molecule has 0 saturated carbocycles. The van der Waals surface area contributed by atoms with E-state index in [0.717, 1.165) is 12.8 Å². The lowest BCUT2D eigenvalue weighted by atomic mass is 10.1. The Morgan fingerprint density at radius 1 is 1.39 bits per heavy atom. The maximum Gasteiger partial charge on any atom is 0.245 e. The van der Waals surface area contributed by atoms with Gasteiger partial charge in [-0.25, -0.2) is 0 Å². The van der Waals surface area contributed by atoms with Gasteiger partial charge in [0.15, 0.2) is 0 Å². The molecule has 1 aliphatic heterocycles. The van der Waals surface area contributed by atoms with Gasteiger partial charge >= 0.3 is 0 Å². The molecule has 5 nitrogen and oxygen atoms in total. The predicted molar refractivity (Wildman–Crippen MR) is 70.9 cm³/mol. The molecule has 1 aliphatic rings. The molecule has 0 bridgehead atoms. The van der Waals surface area contributed by atoms with Gasteiger partial charge in [-0.1, -0.05) is 6.92 Å². The summed E-state index contributed by atoms with van der Waals surface area (Å²) in [6, 6.07) is -0.272. The molecule has 18 heavy (non-hydrogen) atoms. The third-order valence-corrected chi connectivity index (χ3v) is 3.67. The van der Waals surface area contributed by atoms with Crippen LogP contribution in [0.15, 0.2) is 0 Å². The van der Waals surface area contributed by atoms with Gasteiger partial charge in [-0.15, -0.1) is 0 Å². The van der Waals surface area contributed by atoms with Crippen LogP contribution in [0.4, 0.5) is 0 Å². The van der Waals surface area contributed by atoms with E-state index in [-0.39, 0.29) is 23.8 Å². The van der Waals surface area contributed by atoms with E-state index in [2.05, 4.69) is 0 Å². The van der Waals surface area contributed by atoms with Crippen molar-refractivity contribution in [2.24, 2.45) is 11.7 Å². The monoisotopic (exact) mass is 255 g/mol. The molecule has 2 atom stereocenters. The van der Waals surface area contributed by atoms with Crippen LogP contribution in [0.1, 0.15) is 33.6 Å². The Labute approximate surface area is 109 Å². The fourth-order valence-electron chi connectivity index (χ4n) is 2.42. The van der Waals surface area contributed by atoms with Gasteiger partial charge in [0.05, 0.1) is 0 Å². The highest BCUT2D eigenvalue weighted by Gasteiger charge is 2.36. The first kappa shape index (κ1) is 15.0. The molecule has 5 heteroatoms. The first-order valence-electron chi connectivity index (χ1n) is 6.86. The summed E-state index contributed by atoms with van der Waals surface area (Å²) in [7, 11) is 0. The van der Waals surface area contributed by atoms with Crippen LogP contribution in [0.5, 0.6) is 0 Å². The van der Waals surface area contributed by atoms with Crippen LogP contribution < -0.4 is 5.73 Å². The highest BCUT2D eigenvalue weighted by atomic mass is 16.2. The second kappa shape index (κ2) is 6.73. The van der Waals surface area contributed by atoms with Crippen LogP contribution in [0.2, 0.25) is 0 Å². The van der Waals surface area contributed by atoms with Crippen molar-refractivity contribution in [1.82, 2.24) is 9.80 Å². The maximum atomic E-state index is 12.3. The molecule has 1 saturated heterocycles. The Hall–Kier alpha value is -1.10. The van der Waals surface area contributed by atoms with Crippen LogP contribution in [-0.4, -0.2) is 53.8 Å². The van der Waals surface area contributed by atoms with Gasteiger partial charge < -0.3 is 15.5 Å². The molecule has 1 heterocycles. The molecule has 1 fully saturated rings. The number of carbonyl (C=O) groups excluding carboxylic acids is 2. The fraction of sp³-hybridized carbons (Fsp3) is 0.846. The second-order valence-corrected chi connectivity index (χ2v) is 4.84. The summed E-state index contributed by atoms with van der Waals surface area (Å²) in [5.74, 6) is -0.106. The normalized spacial score (nSPS) is 20.9. The standard InChI is InChI=1S/C13H25N3O2/c1-4-15(5-2)13(18)11-7-6-8-16(11)12(17)10(3)9-14/h10-11H,4-9,14H2,1-3H3. The number of rotatable bonds is 5. The van der Waals surface area contributed by atoms with Crippen molar-refractivity contribution in [3.8, 4) is 0 Å². The topological polar surface area (TPSA) is 66.6 Å². The Morgan fingerprint density at radius 3 is 2.50 bits per heavy atom. The molecule has 104 valence electrons. The summed E-state index contributed by atoms with van der Waals surface area (Å²) in [6.07, 6.45) is 1.68. The van der Waals surface area contributed by atoms with E-state index in [9.17, 15) is 9.59 Å². The fourth-order valence-corrected chi connectivity index (χ4v) is 2.42. The zero-order chi connectivity index (χ0) is 13.7. The largest absolute Gasteiger partial charge is 0.341 e. The SMILES string of the molecule is CCN(CC)C(=O)C1CCCN1C(=O)C(C)CN. The van der Waals surface area contributed by atoms with Crippen LogP contribution >= 0.6 is 0 Å². The number of amides is 2. The minimum absolute atomic E-state index is 0.0144. The molecule has 1 rings (SSSR count). The van der Waals surface area contributed by atoms with E-state index in [1.807, 2.05) is 20.8 Å². The lowest BCUT2D eigenvalue weighted by Gasteiger charge is -2.30. The van der Waals surface area contributed by atoms with Crippen LogP contribution in [0.25, 0.3) is 0 Å². The number of likely N-dealkylation sites (tertiary alicyclic amines) is 1. The zero-order valence-electron chi connectivity index (χ0n) is 11.7. The lowest BCUT2D eigenvalue weighted by Crippen LogP contribution is -2.49. The molecule has 2 unspecified atom stereocenters. The zero-order valence-corrected chi connectivity index (χ0v) is 11.7. The van der Waals surface area contributed by atoms with Crippen molar-refractivity contribution in [3.63, 3.8) is 0 Å². The Bertz CT molecular complexity index is 303.